The molecule has 5 amide bonds. The Kier molecular flexibility index (Phi) is 30.9. The number of carbonyl (C=O) groups is 7. The quantitative estimate of drug-likeness (QED) is 0.0192. The summed E-state index contributed by atoms with van der Waals surface area (Å²) in [5.41, 5.74) is 6.97. The highest BCUT2D eigenvalue weighted by atomic mass is 16.5. The summed E-state index contributed by atoms with van der Waals surface area (Å²) in [4.78, 5) is 102. The number of aliphatic hydroxyl groups excluding tert-OH is 1. The number of aliphatic hydroxyl groups is 1. The number of likely N-dealkylation sites (tertiary alicyclic amines) is 2. The molecule has 92 heavy (non-hydrogen) atoms. The van der Waals surface area contributed by atoms with E-state index >= 15 is 0 Å². The maximum Gasteiger partial charge on any atom is 0.306 e. The van der Waals surface area contributed by atoms with Crippen LogP contribution in [0, 0.1) is 19.8 Å². The zero-order valence-electron chi connectivity index (χ0n) is 55.5. The topological polar surface area (TPSA) is 241 Å². The molecule has 4 N–H and O–H groups in total. The van der Waals surface area contributed by atoms with Gasteiger partial charge in [0.05, 0.1) is 37.6 Å². The fourth-order valence-electron chi connectivity index (χ4n) is 13.0. The van der Waals surface area contributed by atoms with E-state index in [9.17, 15) is 33.6 Å². The molecular formula is C71H105N11O10. The lowest BCUT2D eigenvalue weighted by atomic mass is 9.93. The average molecular weight is 1270 g/mol. The Morgan fingerprint density at radius 1 is 0.717 bits per heavy atom. The van der Waals surface area contributed by atoms with Crippen molar-refractivity contribution in [2.75, 3.05) is 116 Å². The van der Waals surface area contributed by atoms with Crippen LogP contribution in [0.3, 0.4) is 0 Å². The van der Waals surface area contributed by atoms with Crippen molar-refractivity contribution in [3.05, 3.63) is 94.9 Å². The number of methoxy groups -OCH3 is 1. The number of benzene rings is 2. The van der Waals surface area contributed by atoms with Crippen LogP contribution in [0.4, 0.5) is 11.5 Å². The maximum atomic E-state index is 13.4. The van der Waals surface area contributed by atoms with E-state index in [1.165, 1.54) is 7.11 Å². The summed E-state index contributed by atoms with van der Waals surface area (Å²) in [6.07, 6.45) is 18.8. The van der Waals surface area contributed by atoms with E-state index in [1.807, 2.05) is 65.7 Å². The van der Waals surface area contributed by atoms with Gasteiger partial charge in [0, 0.05) is 121 Å². The number of unbranched alkanes of at least 4 members (excludes halogenated alkanes) is 7. The van der Waals surface area contributed by atoms with Crippen LogP contribution >= 0.6 is 0 Å². The van der Waals surface area contributed by atoms with Crippen LogP contribution in [0.25, 0.3) is 5.69 Å². The lowest BCUT2D eigenvalue weighted by Gasteiger charge is -2.37. The van der Waals surface area contributed by atoms with Crippen LogP contribution < -0.4 is 30.5 Å². The number of hydrogen-bond acceptors (Lipinski definition) is 15. The first-order chi connectivity index (χ1) is 44.7. The standard InChI is InChI=1S/C59H81N9O8.C12H24N2O2/c1-44-36-45(2)68(63-44)52-38-48(37-51(40-52)65-31-33-66(34-32-65)56(72)21-14-20-55(71)61-28-12-7-10-19-54(70)60-27-11-4-5-13-35-69)49(39-58(74)75-3)42-64-30-26-46(41-64)22-24-50-25-23-47-16-15-29-67(59(47)62-50)57(73)43-76-53-17-8-6-9-18-53;1-13-8-4-2-3-7-12(16)14-9-5-6-11(14)10-15/h6,8-9,17-18,23,25,35-38,40,46,49H,4-5,7,10-16,19-22,24,26-34,39,41-43H2,1-3H3,(H,60,70)(H,61,71);11,13,15H,2-10H2,1H3. The first-order valence-electron chi connectivity index (χ1n) is 34.2. The number of hydrogen-bond donors (Lipinski definition) is 4. The van der Waals surface area contributed by atoms with Gasteiger partial charge >= 0.3 is 5.97 Å². The Hall–Kier alpha value is -7.23. The van der Waals surface area contributed by atoms with Crippen LogP contribution in [-0.2, 0) is 51.1 Å². The molecule has 21 nitrogen and oxygen atoms in total. The van der Waals surface area contributed by atoms with E-state index in [0.717, 1.165) is 181 Å². The number of piperazine rings is 1. The number of aryl methyl sites for hydroxylation is 4. The van der Waals surface area contributed by atoms with Crippen molar-refractivity contribution in [2.24, 2.45) is 5.92 Å². The van der Waals surface area contributed by atoms with Crippen LogP contribution in [0.1, 0.15) is 169 Å². The molecule has 3 fully saturated rings. The number of fused-ring (bicyclic) bond motifs is 1. The molecule has 504 valence electrons. The van der Waals surface area contributed by atoms with Crippen LogP contribution in [-0.4, -0.2) is 188 Å². The summed E-state index contributed by atoms with van der Waals surface area (Å²) in [5, 5.41) is 23.0. The highest BCUT2D eigenvalue weighted by molar-refractivity contribution is 5.94. The number of aldehydes is 1. The Bertz CT molecular complexity index is 2950. The lowest BCUT2D eigenvalue weighted by molar-refractivity contribution is -0.141. The highest BCUT2D eigenvalue weighted by Gasteiger charge is 2.31. The van der Waals surface area contributed by atoms with Gasteiger partial charge in [0.15, 0.2) is 6.61 Å². The number of aromatic nitrogens is 3. The summed E-state index contributed by atoms with van der Waals surface area (Å²) in [6, 6.07) is 22.3. The first-order valence-corrected chi connectivity index (χ1v) is 34.2. The molecule has 8 rings (SSSR count). The molecule has 0 aliphatic carbocycles. The third kappa shape index (κ3) is 23.7. The zero-order chi connectivity index (χ0) is 65.5. The Balaban J connectivity index is 0.000000654. The van der Waals surface area contributed by atoms with Crippen molar-refractivity contribution < 1.29 is 48.1 Å². The molecule has 0 spiro atoms. The van der Waals surface area contributed by atoms with E-state index < -0.39 is 0 Å². The number of nitrogens with one attached hydrogen (secondary N) is 3. The van der Waals surface area contributed by atoms with Gasteiger partial charge in [-0.25, -0.2) is 9.67 Å². The molecule has 3 unspecified atom stereocenters. The zero-order valence-corrected chi connectivity index (χ0v) is 55.5. The number of ether oxygens (including phenoxy) is 2. The minimum Gasteiger partial charge on any atom is -0.484 e. The highest BCUT2D eigenvalue weighted by Crippen LogP contribution is 2.34. The number of para-hydroxylation sites is 1. The molecule has 4 aliphatic rings. The molecule has 0 radical (unpaired) electrons. The smallest absolute Gasteiger partial charge is 0.306 e. The SMILES string of the molecule is CNCCCCCC(=O)N1CCCC1CO.COC(=O)CC(CN1CCC(CCc2ccc3c(n2)N(C(=O)COc2ccccc2)CCC3)C1)c1cc(N2CCN(C(=O)CCCC(=O)NCCCCCC(=O)NCCCCCC=O)CC2)cc(-n2nc(C)cc2C)c1. The van der Waals surface area contributed by atoms with Crippen molar-refractivity contribution >= 4 is 53.3 Å². The number of nitrogens with zero attached hydrogens (tertiary/aromatic N) is 8. The molecule has 6 heterocycles. The summed E-state index contributed by atoms with van der Waals surface area (Å²) >= 11 is 0. The first kappa shape index (κ1) is 72.2. The van der Waals surface area contributed by atoms with Crippen LogP contribution in [0.2, 0.25) is 0 Å². The van der Waals surface area contributed by atoms with Gasteiger partial charge in [0.25, 0.3) is 5.91 Å². The fourth-order valence-corrected chi connectivity index (χ4v) is 13.0. The fraction of sp³-hybridized carbons (Fsp3) is 0.620. The van der Waals surface area contributed by atoms with Gasteiger partial charge in [0.2, 0.25) is 23.6 Å². The third-order valence-electron chi connectivity index (χ3n) is 18.2. The normalized spacial score (nSPS) is 16.8. The lowest BCUT2D eigenvalue weighted by Crippen LogP contribution is -2.48. The summed E-state index contributed by atoms with van der Waals surface area (Å²) in [7, 11) is 3.39. The second-order valence-corrected chi connectivity index (χ2v) is 25.3. The molecule has 3 saturated heterocycles. The molecular weight excluding hydrogens is 1170 g/mol. The summed E-state index contributed by atoms with van der Waals surface area (Å²) in [5.74, 6) is 1.64. The average Bonchev–Trinajstić information content (AvgIpc) is 1.24. The maximum absolute atomic E-state index is 13.4. The summed E-state index contributed by atoms with van der Waals surface area (Å²) < 4.78 is 13.1. The minimum absolute atomic E-state index is 0.0361. The number of amides is 5. The van der Waals surface area contributed by atoms with Crippen molar-refractivity contribution in [3.8, 4) is 11.4 Å². The van der Waals surface area contributed by atoms with E-state index in [2.05, 4.69) is 62.1 Å². The Morgan fingerprint density at radius 3 is 2.13 bits per heavy atom. The van der Waals surface area contributed by atoms with E-state index in [1.54, 1.807) is 4.90 Å². The number of esters is 1. The molecule has 0 saturated carbocycles. The molecule has 21 heteroatoms. The molecule has 3 atom stereocenters. The number of carbonyl (C=O) groups excluding carboxylic acids is 7. The van der Waals surface area contributed by atoms with Crippen molar-refractivity contribution in [1.29, 1.82) is 0 Å². The predicted molar refractivity (Wildman–Crippen MR) is 358 cm³/mol. The van der Waals surface area contributed by atoms with Gasteiger partial charge in [-0.1, -0.05) is 43.5 Å². The van der Waals surface area contributed by atoms with Crippen molar-refractivity contribution in [2.45, 2.75) is 173 Å². The third-order valence-corrected chi connectivity index (χ3v) is 18.2. The van der Waals surface area contributed by atoms with Gasteiger partial charge in [-0.2, -0.15) is 5.10 Å². The van der Waals surface area contributed by atoms with Gasteiger partial charge in [-0.05, 0) is 183 Å². The van der Waals surface area contributed by atoms with Gasteiger partial charge in [-0.15, -0.1) is 0 Å². The van der Waals surface area contributed by atoms with Gasteiger partial charge in [0.1, 0.15) is 17.9 Å². The molecule has 4 aromatic rings. The number of rotatable bonds is 36. The Morgan fingerprint density at radius 2 is 1.42 bits per heavy atom. The van der Waals surface area contributed by atoms with Crippen molar-refractivity contribution in [3.63, 3.8) is 0 Å². The minimum atomic E-state index is -0.259. The molecule has 4 aliphatic heterocycles. The predicted octanol–water partition coefficient (Wildman–Crippen LogP) is 7.96. The van der Waals surface area contributed by atoms with Gasteiger partial charge in [-0.3, -0.25) is 33.7 Å². The number of pyridine rings is 1. The molecule has 0 bridgehead atoms. The second kappa shape index (κ2) is 39.3. The van der Waals surface area contributed by atoms with Crippen LogP contribution in [0.15, 0.2) is 66.7 Å². The molecule has 2 aromatic carbocycles. The van der Waals surface area contributed by atoms with Crippen molar-refractivity contribution in [1.82, 2.24) is 45.4 Å². The van der Waals surface area contributed by atoms with E-state index in [-0.39, 0.29) is 73.5 Å². The molecule has 2 aromatic heterocycles. The van der Waals surface area contributed by atoms with E-state index in [4.69, 9.17) is 24.7 Å². The Labute approximate surface area is 546 Å². The summed E-state index contributed by atoms with van der Waals surface area (Å²) in [6.45, 7) is 12.7. The van der Waals surface area contributed by atoms with Crippen LogP contribution in [0.5, 0.6) is 5.75 Å². The monoisotopic (exact) mass is 1270 g/mol. The van der Waals surface area contributed by atoms with Gasteiger partial charge < -0.3 is 54.9 Å². The number of anilines is 2. The van der Waals surface area contributed by atoms with E-state index in [0.29, 0.717) is 96.1 Å². The largest absolute Gasteiger partial charge is 0.484 e. The second-order valence-electron chi connectivity index (χ2n) is 25.3.